The second kappa shape index (κ2) is 6.18. The molecule has 0 spiro atoms. The van der Waals surface area contributed by atoms with E-state index in [1.165, 1.54) is 18.3 Å². The van der Waals surface area contributed by atoms with Crippen LogP contribution in [0.2, 0.25) is 0 Å². The van der Waals surface area contributed by atoms with Gasteiger partial charge in [0, 0.05) is 11.6 Å². The molecule has 0 saturated heterocycles. The Morgan fingerprint density at radius 2 is 2.05 bits per heavy atom. The molecule has 0 aliphatic heterocycles. The molecule has 0 aliphatic rings. The predicted octanol–water partition coefficient (Wildman–Crippen LogP) is 2.70. The van der Waals surface area contributed by atoms with Crippen LogP contribution < -0.4 is 5.43 Å². The third kappa shape index (κ3) is 3.66. The third-order valence-electron chi connectivity index (χ3n) is 2.33. The van der Waals surface area contributed by atoms with Gasteiger partial charge < -0.3 is 0 Å². The van der Waals surface area contributed by atoms with Gasteiger partial charge in [-0.1, -0.05) is 11.3 Å². The Hall–Kier alpha value is -2.68. The van der Waals surface area contributed by atoms with Crippen LogP contribution in [0.1, 0.15) is 15.2 Å². The molecule has 6 nitrogen and oxygen atoms in total. The second-order valence-corrected chi connectivity index (χ2v) is 4.85. The number of nitrogens with one attached hydrogen (secondary N) is 1. The summed E-state index contributed by atoms with van der Waals surface area (Å²) in [6.45, 7) is 0. The van der Waals surface area contributed by atoms with Crippen LogP contribution in [-0.4, -0.2) is 17.0 Å². The fourth-order valence-electron chi connectivity index (χ4n) is 1.37. The number of halogens is 2. The van der Waals surface area contributed by atoms with Gasteiger partial charge in [-0.3, -0.25) is 14.9 Å². The zero-order valence-corrected chi connectivity index (χ0v) is 11.1. The van der Waals surface area contributed by atoms with Crippen molar-refractivity contribution in [1.29, 1.82) is 0 Å². The van der Waals surface area contributed by atoms with Gasteiger partial charge in [-0.25, -0.2) is 14.2 Å². The summed E-state index contributed by atoms with van der Waals surface area (Å²) >= 11 is 0.884. The average molecular weight is 311 g/mol. The van der Waals surface area contributed by atoms with Gasteiger partial charge in [0.1, 0.15) is 0 Å². The van der Waals surface area contributed by atoms with Gasteiger partial charge in [0.2, 0.25) is 0 Å². The number of benzene rings is 1. The van der Waals surface area contributed by atoms with Crippen molar-refractivity contribution in [2.75, 3.05) is 0 Å². The van der Waals surface area contributed by atoms with E-state index >= 15 is 0 Å². The maximum absolute atomic E-state index is 12.9. The molecule has 1 amide bonds. The smallest absolute Gasteiger partial charge is 0.267 e. The summed E-state index contributed by atoms with van der Waals surface area (Å²) < 4.78 is 25.7. The zero-order chi connectivity index (χ0) is 15.4. The van der Waals surface area contributed by atoms with Crippen molar-refractivity contribution in [2.45, 2.75) is 0 Å². The largest absolute Gasteiger partial charge is 0.324 e. The Bertz CT molecular complexity index is 730. The molecule has 0 unspecified atom stereocenters. The molecule has 108 valence electrons. The molecule has 0 radical (unpaired) electrons. The normalized spacial score (nSPS) is 10.8. The number of hydrogen-bond donors (Lipinski definition) is 1. The number of hydrogen-bond acceptors (Lipinski definition) is 5. The van der Waals surface area contributed by atoms with Crippen LogP contribution in [-0.2, 0) is 0 Å². The molecule has 21 heavy (non-hydrogen) atoms. The monoisotopic (exact) mass is 311 g/mol. The van der Waals surface area contributed by atoms with E-state index < -0.39 is 22.5 Å². The standard InChI is InChI=1S/C12H7F2N3O3S/c13-9-3-1-7(5-10(9)14)12(18)16-15-6-8-2-4-11(21-8)17(19)20/h1-6H,(H,16,18)/b15-6+. The van der Waals surface area contributed by atoms with E-state index in [0.29, 0.717) is 4.88 Å². The highest BCUT2D eigenvalue weighted by Crippen LogP contribution is 2.22. The van der Waals surface area contributed by atoms with E-state index in [4.69, 9.17) is 0 Å². The molecule has 0 aliphatic carbocycles. The maximum atomic E-state index is 12.9. The van der Waals surface area contributed by atoms with Gasteiger partial charge in [0.05, 0.1) is 16.0 Å². The molecule has 0 bridgehead atoms. The summed E-state index contributed by atoms with van der Waals surface area (Å²) in [6, 6.07) is 5.46. The third-order valence-corrected chi connectivity index (χ3v) is 3.30. The first kappa shape index (κ1) is 14.7. The average Bonchev–Trinajstić information content (AvgIpc) is 2.91. The lowest BCUT2D eigenvalue weighted by molar-refractivity contribution is -0.380. The number of hydrazone groups is 1. The van der Waals surface area contributed by atoms with Crippen LogP contribution in [0.5, 0.6) is 0 Å². The van der Waals surface area contributed by atoms with Crippen molar-refractivity contribution in [1.82, 2.24) is 5.43 Å². The summed E-state index contributed by atoms with van der Waals surface area (Å²) in [7, 11) is 0. The lowest BCUT2D eigenvalue weighted by Crippen LogP contribution is -2.17. The SMILES string of the molecule is O=C(N/N=C/c1ccc([N+](=O)[O-])s1)c1ccc(F)c(F)c1. The number of carbonyl (C=O) groups is 1. The van der Waals surface area contributed by atoms with Gasteiger partial charge in [0.25, 0.3) is 5.91 Å². The lowest BCUT2D eigenvalue weighted by atomic mass is 10.2. The van der Waals surface area contributed by atoms with Crippen LogP contribution in [0.3, 0.4) is 0 Å². The summed E-state index contributed by atoms with van der Waals surface area (Å²) in [5.41, 5.74) is 2.02. The van der Waals surface area contributed by atoms with Crippen molar-refractivity contribution in [3.8, 4) is 0 Å². The summed E-state index contributed by atoms with van der Waals surface area (Å²) in [5.74, 6) is -2.92. The minimum Gasteiger partial charge on any atom is -0.267 e. The summed E-state index contributed by atoms with van der Waals surface area (Å²) in [5, 5.41) is 14.0. The molecule has 1 aromatic heterocycles. The van der Waals surface area contributed by atoms with Crippen LogP contribution in [0.25, 0.3) is 0 Å². The van der Waals surface area contributed by atoms with Gasteiger partial charge in [-0.15, -0.1) is 0 Å². The van der Waals surface area contributed by atoms with Crippen molar-refractivity contribution in [3.63, 3.8) is 0 Å². The van der Waals surface area contributed by atoms with Gasteiger partial charge in [0.15, 0.2) is 11.6 Å². The van der Waals surface area contributed by atoms with Crippen molar-refractivity contribution < 1.29 is 18.5 Å². The van der Waals surface area contributed by atoms with E-state index in [-0.39, 0.29) is 10.6 Å². The molecular formula is C12H7F2N3O3S. The number of nitro groups is 1. The molecule has 1 heterocycles. The highest BCUT2D eigenvalue weighted by molar-refractivity contribution is 7.16. The van der Waals surface area contributed by atoms with Crippen LogP contribution in [0.4, 0.5) is 13.8 Å². The molecule has 9 heteroatoms. The van der Waals surface area contributed by atoms with E-state index in [2.05, 4.69) is 10.5 Å². The number of thiophene rings is 1. The molecule has 2 rings (SSSR count). The van der Waals surface area contributed by atoms with Crippen molar-refractivity contribution >= 4 is 28.5 Å². The highest BCUT2D eigenvalue weighted by Gasteiger charge is 2.10. The first-order chi connectivity index (χ1) is 9.97. The minimum atomic E-state index is -1.14. The van der Waals surface area contributed by atoms with E-state index in [1.54, 1.807) is 0 Å². The number of amides is 1. The van der Waals surface area contributed by atoms with Crippen molar-refractivity contribution in [3.05, 3.63) is 62.5 Å². The van der Waals surface area contributed by atoms with E-state index in [9.17, 15) is 23.7 Å². The molecular weight excluding hydrogens is 304 g/mol. The molecule has 0 fully saturated rings. The van der Waals surface area contributed by atoms with Crippen LogP contribution in [0, 0.1) is 21.7 Å². The Morgan fingerprint density at radius 3 is 2.67 bits per heavy atom. The molecule has 1 N–H and O–H groups in total. The maximum Gasteiger partial charge on any atom is 0.324 e. The quantitative estimate of drug-likeness (QED) is 0.535. The fourth-order valence-corrected chi connectivity index (χ4v) is 2.06. The van der Waals surface area contributed by atoms with Gasteiger partial charge >= 0.3 is 5.00 Å². The summed E-state index contributed by atoms with van der Waals surface area (Å²) in [4.78, 5) is 22.0. The molecule has 0 saturated carbocycles. The first-order valence-corrected chi connectivity index (χ1v) is 6.31. The number of nitrogens with zero attached hydrogens (tertiary/aromatic N) is 2. The van der Waals surface area contributed by atoms with Crippen molar-refractivity contribution in [2.24, 2.45) is 5.10 Å². The predicted molar refractivity (Wildman–Crippen MR) is 72.4 cm³/mol. The Labute approximate surface area is 120 Å². The minimum absolute atomic E-state index is 0.0524. The summed E-state index contributed by atoms with van der Waals surface area (Å²) in [6.07, 6.45) is 1.22. The molecule has 2 aromatic rings. The Morgan fingerprint density at radius 1 is 1.29 bits per heavy atom. The number of carbonyl (C=O) groups excluding carboxylic acids is 1. The van der Waals surface area contributed by atoms with Crippen LogP contribution >= 0.6 is 11.3 Å². The molecule has 1 aromatic carbocycles. The van der Waals surface area contributed by atoms with E-state index in [1.807, 2.05) is 0 Å². The van der Waals surface area contributed by atoms with E-state index in [0.717, 1.165) is 29.5 Å². The Balaban J connectivity index is 2.01. The van der Waals surface area contributed by atoms with Gasteiger partial charge in [-0.05, 0) is 24.3 Å². The first-order valence-electron chi connectivity index (χ1n) is 5.50. The van der Waals surface area contributed by atoms with Gasteiger partial charge in [-0.2, -0.15) is 5.10 Å². The second-order valence-electron chi connectivity index (χ2n) is 3.76. The topological polar surface area (TPSA) is 84.6 Å². The fraction of sp³-hybridized carbons (Fsp3) is 0. The molecule has 0 atom stereocenters. The lowest BCUT2D eigenvalue weighted by Gasteiger charge is -2.00. The highest BCUT2D eigenvalue weighted by atomic mass is 32.1. The number of rotatable bonds is 4. The van der Waals surface area contributed by atoms with Crippen LogP contribution in [0.15, 0.2) is 35.4 Å². The Kier molecular flexibility index (Phi) is 4.33. The zero-order valence-electron chi connectivity index (χ0n) is 10.2.